The fourth-order valence-electron chi connectivity index (χ4n) is 2.69. The lowest BCUT2D eigenvalue weighted by Crippen LogP contribution is -2.46. The molecular weight excluding hydrogens is 224 g/mol. The Kier molecular flexibility index (Phi) is 5.06. The molecule has 0 aliphatic heterocycles. The highest BCUT2D eigenvalue weighted by molar-refractivity contribution is 5.85. The summed E-state index contributed by atoms with van der Waals surface area (Å²) in [5.74, 6) is 0.550. The van der Waals surface area contributed by atoms with Crippen LogP contribution in [0, 0.1) is 5.92 Å². The van der Waals surface area contributed by atoms with Crippen LogP contribution < -0.4 is 5.73 Å². The van der Waals surface area contributed by atoms with Gasteiger partial charge in [-0.25, -0.2) is 0 Å². The van der Waals surface area contributed by atoms with Gasteiger partial charge in [0.15, 0.2) is 0 Å². The quantitative estimate of drug-likeness (QED) is 0.810. The standard InChI is InChI=1S/C12H22N2O.ClH/c1-14(11-6-3-7-11)12(15)9-4-2-5-10(13)8-9;/h9-11H,2-8,13H2,1H3;1H. The van der Waals surface area contributed by atoms with Crippen LogP contribution in [0.4, 0.5) is 0 Å². The second-order valence-electron chi connectivity index (χ2n) is 5.16. The summed E-state index contributed by atoms with van der Waals surface area (Å²) in [6.45, 7) is 0. The first-order chi connectivity index (χ1) is 7.18. The van der Waals surface area contributed by atoms with E-state index in [0.29, 0.717) is 11.9 Å². The Labute approximate surface area is 104 Å². The zero-order chi connectivity index (χ0) is 10.8. The van der Waals surface area contributed by atoms with Crippen LogP contribution in [-0.2, 0) is 4.79 Å². The zero-order valence-electron chi connectivity index (χ0n) is 10.0. The van der Waals surface area contributed by atoms with E-state index in [1.165, 1.54) is 19.3 Å². The third-order valence-corrected chi connectivity index (χ3v) is 4.03. The molecule has 0 aromatic carbocycles. The van der Waals surface area contributed by atoms with Gasteiger partial charge in [0.1, 0.15) is 0 Å². The highest BCUT2D eigenvalue weighted by atomic mass is 35.5. The van der Waals surface area contributed by atoms with Crippen molar-refractivity contribution in [1.29, 1.82) is 0 Å². The number of carbonyl (C=O) groups is 1. The molecule has 94 valence electrons. The molecule has 0 radical (unpaired) electrons. The predicted molar refractivity (Wildman–Crippen MR) is 67.6 cm³/mol. The number of nitrogens with two attached hydrogens (primary N) is 1. The van der Waals surface area contributed by atoms with E-state index >= 15 is 0 Å². The van der Waals surface area contributed by atoms with Crippen molar-refractivity contribution in [2.45, 2.75) is 57.0 Å². The first kappa shape index (κ1) is 13.8. The Balaban J connectivity index is 0.00000128. The normalized spacial score (nSPS) is 30.1. The molecule has 2 aliphatic rings. The van der Waals surface area contributed by atoms with Crippen LogP contribution in [-0.4, -0.2) is 29.9 Å². The molecule has 1 amide bonds. The van der Waals surface area contributed by atoms with Crippen LogP contribution in [0.2, 0.25) is 0 Å². The smallest absolute Gasteiger partial charge is 0.225 e. The topological polar surface area (TPSA) is 46.3 Å². The Morgan fingerprint density at radius 2 is 1.81 bits per heavy atom. The zero-order valence-corrected chi connectivity index (χ0v) is 10.8. The lowest BCUT2D eigenvalue weighted by Gasteiger charge is -2.38. The van der Waals surface area contributed by atoms with Crippen LogP contribution in [0.1, 0.15) is 44.9 Å². The van der Waals surface area contributed by atoms with Gasteiger partial charge < -0.3 is 10.6 Å². The van der Waals surface area contributed by atoms with Crippen LogP contribution in [0.15, 0.2) is 0 Å². The Morgan fingerprint density at radius 1 is 1.19 bits per heavy atom. The molecule has 0 aromatic rings. The lowest BCUT2D eigenvalue weighted by atomic mass is 9.84. The van der Waals surface area contributed by atoms with Crippen LogP contribution in [0.3, 0.4) is 0 Å². The van der Waals surface area contributed by atoms with Gasteiger partial charge in [-0.05, 0) is 38.5 Å². The molecule has 4 heteroatoms. The van der Waals surface area contributed by atoms with Crippen LogP contribution in [0.5, 0.6) is 0 Å². The van der Waals surface area contributed by atoms with Crippen molar-refractivity contribution < 1.29 is 4.79 Å². The first-order valence-electron chi connectivity index (χ1n) is 6.20. The minimum Gasteiger partial charge on any atom is -0.343 e. The third-order valence-electron chi connectivity index (χ3n) is 4.03. The van der Waals surface area contributed by atoms with Crippen molar-refractivity contribution in [3.05, 3.63) is 0 Å². The van der Waals surface area contributed by atoms with Gasteiger partial charge in [-0.2, -0.15) is 0 Å². The molecule has 16 heavy (non-hydrogen) atoms. The molecule has 2 N–H and O–H groups in total. The summed E-state index contributed by atoms with van der Waals surface area (Å²) in [5.41, 5.74) is 5.91. The summed E-state index contributed by atoms with van der Waals surface area (Å²) in [5, 5.41) is 0. The van der Waals surface area contributed by atoms with Crippen LogP contribution >= 0.6 is 12.4 Å². The van der Waals surface area contributed by atoms with Gasteiger partial charge in [0, 0.05) is 25.0 Å². The largest absolute Gasteiger partial charge is 0.343 e. The number of amides is 1. The van der Waals surface area contributed by atoms with E-state index < -0.39 is 0 Å². The fraction of sp³-hybridized carbons (Fsp3) is 0.917. The van der Waals surface area contributed by atoms with Gasteiger partial charge in [-0.15, -0.1) is 12.4 Å². The summed E-state index contributed by atoms with van der Waals surface area (Å²) in [6, 6.07) is 0.776. The maximum Gasteiger partial charge on any atom is 0.225 e. The van der Waals surface area contributed by atoms with Gasteiger partial charge in [0.2, 0.25) is 5.91 Å². The average molecular weight is 247 g/mol. The van der Waals surface area contributed by atoms with Gasteiger partial charge in [-0.1, -0.05) is 6.42 Å². The molecule has 2 rings (SSSR count). The summed E-state index contributed by atoms with van der Waals surface area (Å²) < 4.78 is 0. The molecule has 2 aliphatic carbocycles. The summed E-state index contributed by atoms with van der Waals surface area (Å²) in [6.07, 6.45) is 7.83. The number of nitrogens with zero attached hydrogens (tertiary/aromatic N) is 1. The van der Waals surface area contributed by atoms with Crippen LogP contribution in [0.25, 0.3) is 0 Å². The van der Waals surface area contributed by atoms with Gasteiger partial charge >= 0.3 is 0 Å². The molecule has 0 saturated heterocycles. The summed E-state index contributed by atoms with van der Waals surface area (Å²) >= 11 is 0. The minimum absolute atomic E-state index is 0. The molecule has 0 bridgehead atoms. The number of hydrogen-bond acceptors (Lipinski definition) is 2. The van der Waals surface area contributed by atoms with Crippen molar-refractivity contribution in [2.75, 3.05) is 7.05 Å². The minimum atomic E-state index is 0. The molecule has 2 fully saturated rings. The molecule has 0 heterocycles. The third kappa shape index (κ3) is 2.89. The number of hydrogen-bond donors (Lipinski definition) is 1. The molecule has 2 saturated carbocycles. The summed E-state index contributed by atoms with van der Waals surface area (Å²) in [7, 11) is 1.96. The highest BCUT2D eigenvalue weighted by Crippen LogP contribution is 2.29. The van der Waals surface area contributed by atoms with E-state index in [1.54, 1.807) is 0 Å². The SMILES string of the molecule is CN(C(=O)C1CCCC(N)C1)C1CCC1.Cl. The highest BCUT2D eigenvalue weighted by Gasteiger charge is 2.32. The second kappa shape index (κ2) is 5.87. The van der Waals surface area contributed by atoms with E-state index in [9.17, 15) is 4.79 Å². The molecule has 0 spiro atoms. The Hall–Kier alpha value is -0.280. The van der Waals surface area contributed by atoms with E-state index in [1.807, 2.05) is 11.9 Å². The Morgan fingerprint density at radius 3 is 2.31 bits per heavy atom. The predicted octanol–water partition coefficient (Wildman–Crippen LogP) is 1.94. The monoisotopic (exact) mass is 246 g/mol. The second-order valence-corrected chi connectivity index (χ2v) is 5.16. The molecule has 0 aromatic heterocycles. The molecular formula is C12H23ClN2O. The van der Waals surface area contributed by atoms with Gasteiger partial charge in [0.05, 0.1) is 0 Å². The van der Waals surface area contributed by atoms with E-state index in [2.05, 4.69) is 0 Å². The van der Waals surface area contributed by atoms with Crippen molar-refractivity contribution >= 4 is 18.3 Å². The first-order valence-corrected chi connectivity index (χ1v) is 6.20. The van der Waals surface area contributed by atoms with Crippen molar-refractivity contribution in [2.24, 2.45) is 11.7 Å². The van der Waals surface area contributed by atoms with E-state index in [-0.39, 0.29) is 24.4 Å². The van der Waals surface area contributed by atoms with E-state index in [4.69, 9.17) is 5.73 Å². The number of halogens is 1. The molecule has 2 atom stereocenters. The van der Waals surface area contributed by atoms with Crippen molar-refractivity contribution in [1.82, 2.24) is 4.90 Å². The van der Waals surface area contributed by atoms with Crippen molar-refractivity contribution in [3.8, 4) is 0 Å². The number of rotatable bonds is 2. The molecule has 3 nitrogen and oxygen atoms in total. The number of carbonyl (C=O) groups excluding carboxylic acids is 1. The lowest BCUT2D eigenvalue weighted by molar-refractivity contribution is -0.139. The average Bonchev–Trinajstić information content (AvgIpc) is 2.14. The maximum absolute atomic E-state index is 12.1. The Bertz CT molecular complexity index is 243. The van der Waals surface area contributed by atoms with E-state index in [0.717, 1.165) is 25.7 Å². The van der Waals surface area contributed by atoms with Crippen molar-refractivity contribution in [3.63, 3.8) is 0 Å². The fourth-order valence-corrected chi connectivity index (χ4v) is 2.69. The van der Waals surface area contributed by atoms with Gasteiger partial charge in [0.25, 0.3) is 0 Å². The molecule has 2 unspecified atom stereocenters. The maximum atomic E-state index is 12.1. The van der Waals surface area contributed by atoms with Gasteiger partial charge in [-0.3, -0.25) is 4.79 Å². The summed E-state index contributed by atoms with van der Waals surface area (Å²) in [4.78, 5) is 14.1.